The van der Waals surface area contributed by atoms with Gasteiger partial charge in [-0.3, -0.25) is 19.6 Å². The Bertz CT molecular complexity index is 1290. The molecule has 0 bridgehead atoms. The number of hydrogen-bond donors (Lipinski definition) is 1. The van der Waals surface area contributed by atoms with Crippen LogP contribution in [0.15, 0.2) is 71.6 Å². The third-order valence-corrected chi connectivity index (χ3v) is 6.46. The Labute approximate surface area is 187 Å². The van der Waals surface area contributed by atoms with Crippen molar-refractivity contribution in [2.75, 3.05) is 4.72 Å². The Morgan fingerprint density at radius 3 is 2.19 bits per heavy atom. The molecule has 0 atom stereocenters. The molecular formula is C24H24N2O5S. The van der Waals surface area contributed by atoms with Crippen LogP contribution in [0.25, 0.3) is 0 Å². The fraction of sp³-hybridized carbons (Fsp3) is 0.208. The number of benzene rings is 3. The molecule has 0 amide bonds. The lowest BCUT2D eigenvalue weighted by atomic mass is 9.86. The minimum absolute atomic E-state index is 0.0369. The van der Waals surface area contributed by atoms with Crippen LogP contribution in [0.2, 0.25) is 0 Å². The molecule has 32 heavy (non-hydrogen) atoms. The molecular weight excluding hydrogens is 428 g/mol. The number of carbonyl (C=O) groups excluding carboxylic acids is 1. The molecule has 0 unspecified atom stereocenters. The van der Waals surface area contributed by atoms with Gasteiger partial charge in [-0.1, -0.05) is 63.2 Å². The first-order valence-electron chi connectivity index (χ1n) is 9.92. The second-order valence-corrected chi connectivity index (χ2v) is 10.2. The van der Waals surface area contributed by atoms with Gasteiger partial charge in [0.1, 0.15) is 0 Å². The number of ketones is 1. The largest absolute Gasteiger partial charge is 0.289 e. The van der Waals surface area contributed by atoms with Crippen molar-refractivity contribution in [3.63, 3.8) is 0 Å². The molecule has 8 heteroatoms. The van der Waals surface area contributed by atoms with Gasteiger partial charge in [0.2, 0.25) is 0 Å². The van der Waals surface area contributed by atoms with Gasteiger partial charge in [0.15, 0.2) is 5.78 Å². The van der Waals surface area contributed by atoms with Crippen LogP contribution in [0.4, 0.5) is 11.4 Å². The molecule has 0 aromatic heterocycles. The first-order valence-corrected chi connectivity index (χ1v) is 11.4. The van der Waals surface area contributed by atoms with Crippen LogP contribution in [-0.4, -0.2) is 19.1 Å². The van der Waals surface area contributed by atoms with E-state index in [2.05, 4.69) is 25.5 Å². The normalized spacial score (nSPS) is 11.8. The van der Waals surface area contributed by atoms with Gasteiger partial charge in [-0.25, -0.2) is 8.42 Å². The van der Waals surface area contributed by atoms with Crippen LogP contribution in [0.5, 0.6) is 0 Å². The number of aryl methyl sites for hydroxylation is 1. The fourth-order valence-corrected chi connectivity index (χ4v) is 4.25. The minimum atomic E-state index is -4.08. The molecule has 3 aromatic rings. The summed E-state index contributed by atoms with van der Waals surface area (Å²) in [6, 6.07) is 17.2. The Kier molecular flexibility index (Phi) is 6.18. The summed E-state index contributed by atoms with van der Waals surface area (Å²) < 4.78 is 27.9. The van der Waals surface area contributed by atoms with Crippen molar-refractivity contribution in [1.29, 1.82) is 0 Å². The number of rotatable bonds is 6. The highest BCUT2D eigenvalue weighted by molar-refractivity contribution is 7.92. The number of nitro benzene ring substituents is 1. The van der Waals surface area contributed by atoms with Crippen LogP contribution < -0.4 is 4.72 Å². The summed E-state index contributed by atoms with van der Waals surface area (Å²) in [5, 5.41) is 11.1. The van der Waals surface area contributed by atoms with Gasteiger partial charge < -0.3 is 0 Å². The summed E-state index contributed by atoms with van der Waals surface area (Å²) in [5.74, 6) is -0.238. The zero-order valence-electron chi connectivity index (χ0n) is 18.2. The predicted molar refractivity (Wildman–Crippen MR) is 124 cm³/mol. The van der Waals surface area contributed by atoms with E-state index in [0.717, 1.165) is 11.6 Å². The van der Waals surface area contributed by atoms with Crippen molar-refractivity contribution in [2.45, 2.75) is 38.0 Å². The van der Waals surface area contributed by atoms with Crippen LogP contribution in [-0.2, 0) is 15.4 Å². The first kappa shape index (κ1) is 23.1. The zero-order valence-corrected chi connectivity index (χ0v) is 19.1. The third kappa shape index (κ3) is 5.03. The lowest BCUT2D eigenvalue weighted by Crippen LogP contribution is -2.14. The maximum absolute atomic E-state index is 12.9. The zero-order chi connectivity index (χ0) is 23.7. The van der Waals surface area contributed by atoms with Crippen molar-refractivity contribution in [1.82, 2.24) is 0 Å². The van der Waals surface area contributed by atoms with Gasteiger partial charge in [-0.05, 0) is 36.1 Å². The van der Waals surface area contributed by atoms with E-state index in [4.69, 9.17) is 0 Å². The standard InChI is InChI=1S/C24H24N2O5S/c1-16-8-13-21(15-22(16)26(28)29)32(30,31)25-20-7-5-6-18(14-20)23(27)17-9-11-19(12-10-17)24(2,3)4/h5-15,25H,1-4H3. The summed E-state index contributed by atoms with van der Waals surface area (Å²) in [7, 11) is -4.08. The molecule has 3 aromatic carbocycles. The highest BCUT2D eigenvalue weighted by atomic mass is 32.2. The van der Waals surface area contributed by atoms with E-state index in [-0.39, 0.29) is 27.5 Å². The second-order valence-electron chi connectivity index (χ2n) is 8.55. The molecule has 7 nitrogen and oxygen atoms in total. The van der Waals surface area contributed by atoms with Gasteiger partial charge >= 0.3 is 0 Å². The number of nitro groups is 1. The average Bonchev–Trinajstić information content (AvgIpc) is 2.72. The average molecular weight is 453 g/mol. The van der Waals surface area contributed by atoms with E-state index in [9.17, 15) is 23.3 Å². The van der Waals surface area contributed by atoms with Crippen molar-refractivity contribution >= 4 is 27.2 Å². The van der Waals surface area contributed by atoms with Crippen LogP contribution in [0.3, 0.4) is 0 Å². The molecule has 0 radical (unpaired) electrons. The summed E-state index contributed by atoms with van der Waals surface area (Å²) in [5.41, 5.74) is 2.14. The summed E-state index contributed by atoms with van der Waals surface area (Å²) in [6.45, 7) is 7.79. The maximum Gasteiger partial charge on any atom is 0.273 e. The third-order valence-electron chi connectivity index (χ3n) is 5.08. The minimum Gasteiger partial charge on any atom is -0.289 e. The molecule has 0 aliphatic carbocycles. The topological polar surface area (TPSA) is 106 Å². The quantitative estimate of drug-likeness (QED) is 0.313. The highest BCUT2D eigenvalue weighted by Gasteiger charge is 2.21. The SMILES string of the molecule is Cc1ccc(S(=O)(=O)Nc2cccc(C(=O)c3ccc(C(C)(C)C)cc3)c2)cc1[N+](=O)[O-]. The maximum atomic E-state index is 12.9. The van der Waals surface area contributed by atoms with Crippen LogP contribution in [0, 0.1) is 17.0 Å². The number of nitrogens with zero attached hydrogens (tertiary/aromatic N) is 1. The molecule has 1 N–H and O–H groups in total. The van der Waals surface area contributed by atoms with Gasteiger partial charge in [-0.2, -0.15) is 0 Å². The molecule has 0 aliphatic heterocycles. The molecule has 0 heterocycles. The Morgan fingerprint density at radius 2 is 1.59 bits per heavy atom. The summed E-state index contributed by atoms with van der Waals surface area (Å²) in [4.78, 5) is 23.2. The van der Waals surface area contributed by atoms with Gasteiger partial charge in [0.05, 0.1) is 9.82 Å². The van der Waals surface area contributed by atoms with E-state index >= 15 is 0 Å². The Morgan fingerprint density at radius 1 is 0.938 bits per heavy atom. The summed E-state index contributed by atoms with van der Waals surface area (Å²) in [6.07, 6.45) is 0. The van der Waals surface area contributed by atoms with E-state index in [1.54, 1.807) is 24.3 Å². The van der Waals surface area contributed by atoms with Gasteiger partial charge in [0.25, 0.3) is 15.7 Å². The van der Waals surface area contributed by atoms with E-state index < -0.39 is 14.9 Å². The fourth-order valence-electron chi connectivity index (χ4n) is 3.18. The van der Waals surface area contributed by atoms with Crippen LogP contribution in [0.1, 0.15) is 47.8 Å². The van der Waals surface area contributed by atoms with Crippen molar-refractivity contribution in [2.24, 2.45) is 0 Å². The van der Waals surface area contributed by atoms with Crippen molar-refractivity contribution in [3.8, 4) is 0 Å². The Hall–Kier alpha value is -3.52. The van der Waals surface area contributed by atoms with Crippen molar-refractivity contribution < 1.29 is 18.1 Å². The van der Waals surface area contributed by atoms with Gasteiger partial charge in [0, 0.05) is 28.4 Å². The Balaban J connectivity index is 1.87. The summed E-state index contributed by atoms with van der Waals surface area (Å²) >= 11 is 0. The number of hydrogen-bond acceptors (Lipinski definition) is 5. The molecule has 0 saturated heterocycles. The molecule has 0 spiro atoms. The van der Waals surface area contributed by atoms with Gasteiger partial charge in [-0.15, -0.1) is 0 Å². The molecule has 0 saturated carbocycles. The lowest BCUT2D eigenvalue weighted by molar-refractivity contribution is -0.385. The number of sulfonamides is 1. The molecule has 3 rings (SSSR count). The number of nitrogens with one attached hydrogen (secondary N) is 1. The second kappa shape index (κ2) is 8.55. The monoisotopic (exact) mass is 452 g/mol. The van der Waals surface area contributed by atoms with Crippen LogP contribution >= 0.6 is 0 Å². The molecule has 166 valence electrons. The van der Waals surface area contributed by atoms with Crippen molar-refractivity contribution in [3.05, 3.63) is 99.1 Å². The van der Waals surface area contributed by atoms with E-state index in [0.29, 0.717) is 16.7 Å². The molecule has 0 fully saturated rings. The number of carbonyl (C=O) groups is 1. The number of anilines is 1. The first-order chi connectivity index (χ1) is 14.9. The lowest BCUT2D eigenvalue weighted by Gasteiger charge is -2.19. The van der Waals surface area contributed by atoms with E-state index in [1.807, 2.05) is 12.1 Å². The molecule has 0 aliphatic rings. The highest BCUT2D eigenvalue weighted by Crippen LogP contribution is 2.26. The van der Waals surface area contributed by atoms with E-state index in [1.165, 1.54) is 31.2 Å². The smallest absolute Gasteiger partial charge is 0.273 e. The predicted octanol–water partition coefficient (Wildman–Crippen LogP) is 5.23.